The van der Waals surface area contributed by atoms with Crippen LogP contribution >= 0.6 is 0 Å². The maximum atomic E-state index is 12.1. The second-order valence-corrected chi connectivity index (χ2v) is 6.49. The zero-order valence-corrected chi connectivity index (χ0v) is 12.9. The average Bonchev–Trinajstić information content (AvgIpc) is 2.99. The van der Waals surface area contributed by atoms with Crippen LogP contribution < -0.4 is 5.32 Å². The van der Waals surface area contributed by atoms with E-state index in [1.54, 1.807) is 0 Å². The molecule has 112 valence electrons. The molecule has 1 amide bonds. The molecule has 2 atom stereocenters. The Bertz CT molecular complexity index is 546. The minimum Gasteiger partial charge on any atom is -0.350 e. The minimum absolute atomic E-state index is 0.107. The van der Waals surface area contributed by atoms with Crippen molar-refractivity contribution < 1.29 is 4.79 Å². The van der Waals surface area contributed by atoms with Crippen LogP contribution in [0.1, 0.15) is 61.8 Å². The van der Waals surface area contributed by atoms with E-state index in [1.165, 1.54) is 42.4 Å². The summed E-state index contributed by atoms with van der Waals surface area (Å²) in [5.74, 6) is 0.623. The maximum Gasteiger partial charge on any atom is 0.221 e. The number of aryl methyl sites for hydroxylation is 2. The molecule has 1 N–H and O–H groups in total. The number of rotatable bonds is 4. The van der Waals surface area contributed by atoms with Gasteiger partial charge in [0, 0.05) is 6.42 Å². The Labute approximate surface area is 127 Å². The normalized spacial score (nSPS) is 21.9. The number of benzene rings is 1. The van der Waals surface area contributed by atoms with Gasteiger partial charge in [-0.2, -0.15) is 0 Å². The number of allylic oxidation sites excluding steroid dienone is 2. The Kier molecular flexibility index (Phi) is 4.42. The second kappa shape index (κ2) is 6.46. The molecular formula is C19H25NO. The van der Waals surface area contributed by atoms with Crippen LogP contribution in [0, 0.1) is 5.92 Å². The van der Waals surface area contributed by atoms with E-state index in [9.17, 15) is 4.79 Å². The van der Waals surface area contributed by atoms with Gasteiger partial charge in [0.2, 0.25) is 5.91 Å². The van der Waals surface area contributed by atoms with E-state index >= 15 is 0 Å². The van der Waals surface area contributed by atoms with Gasteiger partial charge in [-0.15, -0.1) is 0 Å². The number of carbonyl (C=O) groups excluding carboxylic acids is 1. The summed E-state index contributed by atoms with van der Waals surface area (Å²) < 4.78 is 0. The molecule has 0 spiro atoms. The van der Waals surface area contributed by atoms with Gasteiger partial charge in [0.15, 0.2) is 0 Å². The lowest BCUT2D eigenvalue weighted by atomic mass is 9.89. The molecule has 0 radical (unpaired) electrons. The van der Waals surface area contributed by atoms with Crippen molar-refractivity contribution in [1.82, 2.24) is 5.32 Å². The zero-order chi connectivity index (χ0) is 14.7. The van der Waals surface area contributed by atoms with Gasteiger partial charge in [-0.05, 0) is 68.1 Å². The number of carbonyl (C=O) groups is 1. The predicted molar refractivity (Wildman–Crippen MR) is 86.1 cm³/mol. The molecule has 0 aliphatic heterocycles. The summed E-state index contributed by atoms with van der Waals surface area (Å²) >= 11 is 0. The maximum absolute atomic E-state index is 12.1. The quantitative estimate of drug-likeness (QED) is 0.828. The SMILES string of the molecule is C[C@H](NC(=O)C[C@@H]1C=CCC1)c1ccc2c(c1)CCCC2. The Morgan fingerprint density at radius 1 is 1.29 bits per heavy atom. The van der Waals surface area contributed by atoms with E-state index in [1.807, 2.05) is 0 Å². The topological polar surface area (TPSA) is 29.1 Å². The van der Waals surface area contributed by atoms with Crippen LogP contribution in [0.15, 0.2) is 30.4 Å². The summed E-state index contributed by atoms with van der Waals surface area (Å²) in [6.07, 6.45) is 12.3. The molecule has 0 fully saturated rings. The Morgan fingerprint density at radius 3 is 2.86 bits per heavy atom. The van der Waals surface area contributed by atoms with E-state index in [4.69, 9.17) is 0 Å². The molecule has 2 heteroatoms. The van der Waals surface area contributed by atoms with Gasteiger partial charge >= 0.3 is 0 Å². The highest BCUT2D eigenvalue weighted by Gasteiger charge is 2.17. The van der Waals surface area contributed by atoms with Crippen molar-refractivity contribution in [3.63, 3.8) is 0 Å². The van der Waals surface area contributed by atoms with Crippen molar-refractivity contribution in [2.75, 3.05) is 0 Å². The summed E-state index contributed by atoms with van der Waals surface area (Å²) in [5, 5.41) is 3.16. The van der Waals surface area contributed by atoms with E-state index in [0.29, 0.717) is 12.3 Å². The van der Waals surface area contributed by atoms with Crippen LogP contribution in [0.2, 0.25) is 0 Å². The summed E-state index contributed by atoms with van der Waals surface area (Å²) in [6, 6.07) is 6.85. The average molecular weight is 283 g/mol. The van der Waals surface area contributed by atoms with Gasteiger partial charge in [-0.25, -0.2) is 0 Å². The zero-order valence-electron chi connectivity index (χ0n) is 12.9. The lowest BCUT2D eigenvalue weighted by molar-refractivity contribution is -0.122. The summed E-state index contributed by atoms with van der Waals surface area (Å²) in [5.41, 5.74) is 4.23. The number of hydrogen-bond donors (Lipinski definition) is 1. The monoisotopic (exact) mass is 283 g/mol. The fraction of sp³-hybridized carbons (Fsp3) is 0.526. The third-order valence-corrected chi connectivity index (χ3v) is 4.81. The lowest BCUT2D eigenvalue weighted by Gasteiger charge is -2.20. The first-order valence-electron chi connectivity index (χ1n) is 8.30. The molecule has 2 aliphatic rings. The largest absolute Gasteiger partial charge is 0.350 e. The standard InChI is InChI=1S/C19H25NO/c1-14(20-19(21)12-15-6-2-3-7-15)17-11-10-16-8-4-5-9-18(16)13-17/h2,6,10-11,13-15H,3-5,7-9,12H2,1H3,(H,20,21)/t14-,15+/m0/s1. The van der Waals surface area contributed by atoms with Gasteiger partial charge in [-0.1, -0.05) is 30.4 Å². The molecule has 2 nitrogen and oxygen atoms in total. The molecule has 3 rings (SSSR count). The Hall–Kier alpha value is -1.57. The van der Waals surface area contributed by atoms with Crippen molar-refractivity contribution in [3.8, 4) is 0 Å². The first-order valence-corrected chi connectivity index (χ1v) is 8.30. The van der Waals surface area contributed by atoms with E-state index in [2.05, 4.69) is 42.6 Å². The minimum atomic E-state index is 0.107. The fourth-order valence-electron chi connectivity index (χ4n) is 3.51. The Balaban J connectivity index is 1.60. The highest BCUT2D eigenvalue weighted by atomic mass is 16.1. The number of amides is 1. The van der Waals surface area contributed by atoms with Crippen LogP contribution in [0.25, 0.3) is 0 Å². The number of nitrogens with one attached hydrogen (secondary N) is 1. The third-order valence-electron chi connectivity index (χ3n) is 4.81. The van der Waals surface area contributed by atoms with Crippen LogP contribution in [-0.2, 0) is 17.6 Å². The van der Waals surface area contributed by atoms with Gasteiger partial charge in [0.05, 0.1) is 6.04 Å². The van der Waals surface area contributed by atoms with Gasteiger partial charge in [-0.3, -0.25) is 4.79 Å². The van der Waals surface area contributed by atoms with Gasteiger partial charge in [0.1, 0.15) is 0 Å². The molecule has 1 aromatic rings. The molecule has 0 unspecified atom stereocenters. The van der Waals surface area contributed by atoms with E-state index < -0.39 is 0 Å². The second-order valence-electron chi connectivity index (χ2n) is 6.49. The molecule has 0 saturated carbocycles. The van der Waals surface area contributed by atoms with Crippen molar-refractivity contribution in [2.45, 2.75) is 57.9 Å². The van der Waals surface area contributed by atoms with Crippen molar-refractivity contribution in [3.05, 3.63) is 47.0 Å². The van der Waals surface area contributed by atoms with Gasteiger partial charge in [0.25, 0.3) is 0 Å². The summed E-state index contributed by atoms with van der Waals surface area (Å²) in [6.45, 7) is 2.09. The summed E-state index contributed by atoms with van der Waals surface area (Å²) in [4.78, 5) is 12.1. The molecule has 2 aliphatic carbocycles. The molecule has 1 aromatic carbocycles. The Morgan fingerprint density at radius 2 is 2.10 bits per heavy atom. The molecule has 21 heavy (non-hydrogen) atoms. The van der Waals surface area contributed by atoms with Crippen molar-refractivity contribution in [2.24, 2.45) is 5.92 Å². The molecule has 0 heterocycles. The van der Waals surface area contributed by atoms with Crippen molar-refractivity contribution in [1.29, 1.82) is 0 Å². The van der Waals surface area contributed by atoms with Gasteiger partial charge < -0.3 is 5.32 Å². The highest BCUT2D eigenvalue weighted by Crippen LogP contribution is 2.25. The molecule has 0 aromatic heterocycles. The first kappa shape index (κ1) is 14.4. The van der Waals surface area contributed by atoms with Crippen LogP contribution in [0.5, 0.6) is 0 Å². The molecule has 0 bridgehead atoms. The highest BCUT2D eigenvalue weighted by molar-refractivity contribution is 5.77. The first-order chi connectivity index (χ1) is 10.2. The number of fused-ring (bicyclic) bond motifs is 1. The lowest BCUT2D eigenvalue weighted by Crippen LogP contribution is -2.28. The number of hydrogen-bond acceptors (Lipinski definition) is 1. The van der Waals surface area contributed by atoms with Crippen LogP contribution in [0.4, 0.5) is 0 Å². The smallest absolute Gasteiger partial charge is 0.221 e. The third kappa shape index (κ3) is 3.55. The fourth-order valence-corrected chi connectivity index (χ4v) is 3.51. The predicted octanol–water partition coefficient (Wildman–Crippen LogP) is 4.10. The van der Waals surface area contributed by atoms with E-state index in [0.717, 1.165) is 12.8 Å². The van der Waals surface area contributed by atoms with E-state index in [-0.39, 0.29) is 11.9 Å². The van der Waals surface area contributed by atoms with Crippen LogP contribution in [0.3, 0.4) is 0 Å². The molecule has 0 saturated heterocycles. The summed E-state index contributed by atoms with van der Waals surface area (Å²) in [7, 11) is 0. The van der Waals surface area contributed by atoms with Crippen LogP contribution in [-0.4, -0.2) is 5.91 Å². The van der Waals surface area contributed by atoms with Crippen molar-refractivity contribution >= 4 is 5.91 Å². The molecular weight excluding hydrogens is 258 g/mol.